The van der Waals surface area contributed by atoms with Crippen molar-refractivity contribution in [3.63, 3.8) is 0 Å². The lowest BCUT2D eigenvalue weighted by Gasteiger charge is -2.26. The summed E-state index contributed by atoms with van der Waals surface area (Å²) in [5.74, 6) is 1.18. The fraction of sp³-hybridized carbons (Fsp3) is 0.474. The second-order valence-electron chi connectivity index (χ2n) is 6.88. The Labute approximate surface area is 160 Å². The van der Waals surface area contributed by atoms with E-state index in [-0.39, 0.29) is 12.6 Å². The molecule has 27 heavy (non-hydrogen) atoms. The van der Waals surface area contributed by atoms with Crippen LogP contribution < -0.4 is 15.4 Å². The van der Waals surface area contributed by atoms with Crippen molar-refractivity contribution in [3.8, 4) is 12.3 Å². The molecule has 8 heteroatoms. The Hall–Kier alpha value is -2.37. The van der Waals surface area contributed by atoms with E-state index >= 15 is 0 Å². The maximum Gasteiger partial charge on any atom is 0.243 e. The zero-order valence-electron chi connectivity index (χ0n) is 15.3. The predicted molar refractivity (Wildman–Crippen MR) is 104 cm³/mol. The third-order valence-corrected chi connectivity index (χ3v) is 5.78. The van der Waals surface area contributed by atoms with Crippen molar-refractivity contribution < 1.29 is 18.0 Å². The Morgan fingerprint density at radius 1 is 1.19 bits per heavy atom. The first-order chi connectivity index (χ1) is 12.8. The van der Waals surface area contributed by atoms with E-state index in [9.17, 15) is 18.0 Å². The minimum absolute atomic E-state index is 0.120. The minimum atomic E-state index is -3.73. The van der Waals surface area contributed by atoms with Gasteiger partial charge in [0.05, 0.1) is 6.54 Å². The van der Waals surface area contributed by atoms with Crippen LogP contribution in [0.15, 0.2) is 24.3 Å². The van der Waals surface area contributed by atoms with Gasteiger partial charge in [-0.1, -0.05) is 18.9 Å². The molecule has 0 aliphatic heterocycles. The van der Waals surface area contributed by atoms with Gasteiger partial charge in [0.2, 0.25) is 21.8 Å². The van der Waals surface area contributed by atoms with Crippen molar-refractivity contribution >= 4 is 27.5 Å². The quantitative estimate of drug-likeness (QED) is 0.608. The first kappa shape index (κ1) is 20.9. The van der Waals surface area contributed by atoms with E-state index in [1.54, 1.807) is 24.3 Å². The predicted octanol–water partition coefficient (Wildman–Crippen LogP) is 1.22. The van der Waals surface area contributed by atoms with Crippen LogP contribution in [0.3, 0.4) is 0 Å². The lowest BCUT2D eigenvalue weighted by Crippen LogP contribution is -2.43. The van der Waals surface area contributed by atoms with Crippen LogP contribution in [0.5, 0.6) is 0 Å². The molecule has 0 heterocycles. The zero-order valence-corrected chi connectivity index (χ0v) is 16.1. The SMILES string of the molecule is C#Cc1cccc(NC(=O)CNC(=O)CS(=O)(=O)NC2CCC(C)CC2)c1. The molecule has 0 radical (unpaired) electrons. The largest absolute Gasteiger partial charge is 0.346 e. The highest BCUT2D eigenvalue weighted by Gasteiger charge is 2.24. The maximum absolute atomic E-state index is 12.1. The highest BCUT2D eigenvalue weighted by atomic mass is 32.2. The molecule has 3 N–H and O–H groups in total. The van der Waals surface area contributed by atoms with Gasteiger partial charge in [0, 0.05) is 17.3 Å². The van der Waals surface area contributed by atoms with Crippen LogP contribution in [-0.4, -0.2) is 38.6 Å². The summed E-state index contributed by atoms with van der Waals surface area (Å²) in [4.78, 5) is 23.8. The molecule has 1 aromatic carbocycles. The Bertz CT molecular complexity index is 822. The van der Waals surface area contributed by atoms with Crippen molar-refractivity contribution in [1.82, 2.24) is 10.0 Å². The number of hydrogen-bond acceptors (Lipinski definition) is 4. The molecule has 0 saturated heterocycles. The first-order valence-electron chi connectivity index (χ1n) is 8.90. The van der Waals surface area contributed by atoms with E-state index in [4.69, 9.17) is 6.42 Å². The third kappa shape index (κ3) is 7.41. The van der Waals surface area contributed by atoms with Crippen molar-refractivity contribution in [2.75, 3.05) is 17.6 Å². The molecule has 146 valence electrons. The van der Waals surface area contributed by atoms with Gasteiger partial charge < -0.3 is 10.6 Å². The molecule has 0 atom stereocenters. The molecule has 7 nitrogen and oxygen atoms in total. The topological polar surface area (TPSA) is 104 Å². The van der Waals surface area contributed by atoms with Crippen LogP contribution in [0.25, 0.3) is 0 Å². The molecule has 0 bridgehead atoms. The van der Waals surface area contributed by atoms with Crippen LogP contribution >= 0.6 is 0 Å². The summed E-state index contributed by atoms with van der Waals surface area (Å²) in [6.45, 7) is 1.82. The molecule has 1 aliphatic rings. The molecule has 0 unspecified atom stereocenters. The van der Waals surface area contributed by atoms with Crippen molar-refractivity contribution in [2.45, 2.75) is 38.6 Å². The number of carbonyl (C=O) groups is 2. The summed E-state index contributed by atoms with van der Waals surface area (Å²) in [6.07, 6.45) is 8.80. The van der Waals surface area contributed by atoms with Gasteiger partial charge in [-0.25, -0.2) is 13.1 Å². The second-order valence-corrected chi connectivity index (χ2v) is 8.64. The molecule has 2 rings (SSSR count). The molecule has 0 aromatic heterocycles. The Kier molecular flexibility index (Phi) is 7.39. The normalized spacial score (nSPS) is 19.7. The summed E-state index contributed by atoms with van der Waals surface area (Å²) >= 11 is 0. The van der Waals surface area contributed by atoms with E-state index in [0.29, 0.717) is 17.2 Å². The average molecular weight is 391 g/mol. The molecule has 1 aromatic rings. The maximum atomic E-state index is 12.1. The summed E-state index contributed by atoms with van der Waals surface area (Å²) in [5, 5.41) is 4.91. The number of anilines is 1. The molecular weight excluding hydrogens is 366 g/mol. The number of terminal acetylenes is 1. The number of nitrogens with one attached hydrogen (secondary N) is 3. The fourth-order valence-corrected chi connectivity index (χ4v) is 4.24. The van der Waals surface area contributed by atoms with Gasteiger partial charge in [-0.15, -0.1) is 6.42 Å². The number of benzene rings is 1. The standard InChI is InChI=1S/C19H25N3O4S/c1-3-15-5-4-6-17(11-15)21-18(23)12-20-19(24)13-27(25,26)22-16-9-7-14(2)8-10-16/h1,4-6,11,14,16,22H,7-10,12-13H2,2H3,(H,20,24)(H,21,23). The number of rotatable bonds is 7. The van der Waals surface area contributed by atoms with Crippen LogP contribution in [0.1, 0.15) is 38.2 Å². The lowest BCUT2D eigenvalue weighted by atomic mass is 9.88. The summed E-state index contributed by atoms with van der Waals surface area (Å²) in [7, 11) is -3.73. The Balaban J connectivity index is 1.76. The van der Waals surface area contributed by atoms with Gasteiger partial charge in [0.15, 0.2) is 0 Å². The molecule has 0 spiro atoms. The van der Waals surface area contributed by atoms with E-state index in [1.807, 2.05) is 0 Å². The van der Waals surface area contributed by atoms with Gasteiger partial charge >= 0.3 is 0 Å². The van der Waals surface area contributed by atoms with E-state index in [2.05, 4.69) is 28.2 Å². The van der Waals surface area contributed by atoms with Crippen molar-refractivity contribution in [3.05, 3.63) is 29.8 Å². The Morgan fingerprint density at radius 2 is 1.89 bits per heavy atom. The monoisotopic (exact) mass is 391 g/mol. The lowest BCUT2D eigenvalue weighted by molar-refractivity contribution is -0.122. The van der Waals surface area contributed by atoms with Gasteiger partial charge in [-0.3, -0.25) is 9.59 Å². The molecule has 2 amide bonds. The smallest absolute Gasteiger partial charge is 0.243 e. The molecule has 1 fully saturated rings. The second kappa shape index (κ2) is 9.53. The van der Waals surface area contributed by atoms with E-state index < -0.39 is 27.6 Å². The average Bonchev–Trinajstić information content (AvgIpc) is 2.61. The fourth-order valence-electron chi connectivity index (χ4n) is 2.97. The summed E-state index contributed by atoms with van der Waals surface area (Å²) in [5.41, 5.74) is 1.12. The highest BCUT2D eigenvalue weighted by Crippen LogP contribution is 2.23. The molecule has 1 saturated carbocycles. The van der Waals surface area contributed by atoms with Gasteiger partial charge in [-0.05, 0) is 49.8 Å². The van der Waals surface area contributed by atoms with Crippen molar-refractivity contribution in [1.29, 1.82) is 0 Å². The highest BCUT2D eigenvalue weighted by molar-refractivity contribution is 7.90. The van der Waals surface area contributed by atoms with Crippen LogP contribution in [0.2, 0.25) is 0 Å². The van der Waals surface area contributed by atoms with Gasteiger partial charge in [0.25, 0.3) is 0 Å². The van der Waals surface area contributed by atoms with Crippen LogP contribution in [0, 0.1) is 18.3 Å². The zero-order chi connectivity index (χ0) is 19.9. The Morgan fingerprint density at radius 3 is 2.56 bits per heavy atom. The molecule has 1 aliphatic carbocycles. The summed E-state index contributed by atoms with van der Waals surface area (Å²) < 4.78 is 26.8. The van der Waals surface area contributed by atoms with E-state index in [1.165, 1.54) is 0 Å². The molecular formula is C19H25N3O4S. The minimum Gasteiger partial charge on any atom is -0.346 e. The number of hydrogen-bond donors (Lipinski definition) is 3. The van der Waals surface area contributed by atoms with Crippen LogP contribution in [-0.2, 0) is 19.6 Å². The number of carbonyl (C=O) groups excluding carboxylic acids is 2. The van der Waals surface area contributed by atoms with Crippen molar-refractivity contribution in [2.24, 2.45) is 5.92 Å². The summed E-state index contributed by atoms with van der Waals surface area (Å²) in [6, 6.07) is 6.60. The van der Waals surface area contributed by atoms with E-state index in [0.717, 1.165) is 25.7 Å². The van der Waals surface area contributed by atoms with Crippen LogP contribution in [0.4, 0.5) is 5.69 Å². The van der Waals surface area contributed by atoms with Gasteiger partial charge in [-0.2, -0.15) is 0 Å². The third-order valence-electron chi connectivity index (χ3n) is 4.44. The number of amides is 2. The first-order valence-corrected chi connectivity index (χ1v) is 10.6. The number of sulfonamides is 1. The van der Waals surface area contributed by atoms with Gasteiger partial charge in [0.1, 0.15) is 5.75 Å².